The van der Waals surface area contributed by atoms with Gasteiger partial charge in [0.2, 0.25) is 0 Å². The topological polar surface area (TPSA) is 70.9 Å². The fourth-order valence-corrected chi connectivity index (χ4v) is 1.44. The van der Waals surface area contributed by atoms with Gasteiger partial charge in [-0.2, -0.15) is 0 Å². The second-order valence-electron chi connectivity index (χ2n) is 4.38. The Morgan fingerprint density at radius 1 is 1.53 bits per heavy atom. The van der Waals surface area contributed by atoms with Crippen molar-refractivity contribution in [3.8, 4) is 5.75 Å². The number of nitrogens with zero attached hydrogens (tertiary/aromatic N) is 1. The third-order valence-corrected chi connectivity index (χ3v) is 2.79. The summed E-state index contributed by atoms with van der Waals surface area (Å²) in [6.07, 6.45) is 0.882. The van der Waals surface area contributed by atoms with E-state index in [9.17, 15) is 4.79 Å². The van der Waals surface area contributed by atoms with Crippen LogP contribution in [0.1, 0.15) is 32.8 Å². The summed E-state index contributed by atoms with van der Waals surface area (Å²) in [6, 6.07) is 7.22. The molecular weight excluding hydrogens is 244 g/mol. The van der Waals surface area contributed by atoms with Crippen LogP contribution >= 0.6 is 0 Å². The van der Waals surface area contributed by atoms with Gasteiger partial charge in [-0.15, -0.1) is 0 Å². The van der Waals surface area contributed by atoms with E-state index in [1.54, 1.807) is 31.2 Å². The Morgan fingerprint density at radius 3 is 2.89 bits per heavy atom. The molecule has 1 aromatic rings. The molecule has 0 aliphatic carbocycles. The number of oxime groups is 1. The summed E-state index contributed by atoms with van der Waals surface area (Å²) in [6.45, 7) is 5.61. The SMILES string of the molecule is CCC(C)NC(=O)COc1cccc(/C(C)=N/O)c1. The highest BCUT2D eigenvalue weighted by Crippen LogP contribution is 2.14. The lowest BCUT2D eigenvalue weighted by molar-refractivity contribution is -0.123. The molecule has 0 aromatic heterocycles. The zero-order chi connectivity index (χ0) is 14.3. The summed E-state index contributed by atoms with van der Waals surface area (Å²) in [4.78, 5) is 11.6. The molecule has 2 N–H and O–H groups in total. The predicted molar refractivity (Wildman–Crippen MR) is 73.8 cm³/mol. The van der Waals surface area contributed by atoms with Gasteiger partial charge >= 0.3 is 0 Å². The fraction of sp³-hybridized carbons (Fsp3) is 0.429. The molecule has 0 spiro atoms. The normalized spacial score (nSPS) is 12.9. The molecule has 0 aliphatic rings. The van der Waals surface area contributed by atoms with Crippen molar-refractivity contribution in [1.82, 2.24) is 5.32 Å². The number of carbonyl (C=O) groups is 1. The molecular formula is C14H20N2O3. The molecule has 1 amide bonds. The lowest BCUT2D eigenvalue weighted by Crippen LogP contribution is -2.35. The third kappa shape index (κ3) is 4.99. The van der Waals surface area contributed by atoms with Crippen LogP contribution in [0.4, 0.5) is 0 Å². The average molecular weight is 264 g/mol. The molecule has 0 fully saturated rings. The van der Waals surface area contributed by atoms with Crippen molar-refractivity contribution in [1.29, 1.82) is 0 Å². The van der Waals surface area contributed by atoms with Crippen LogP contribution in [0.25, 0.3) is 0 Å². The van der Waals surface area contributed by atoms with E-state index in [4.69, 9.17) is 9.94 Å². The summed E-state index contributed by atoms with van der Waals surface area (Å²) >= 11 is 0. The number of hydrogen-bond donors (Lipinski definition) is 2. The van der Waals surface area contributed by atoms with Crippen molar-refractivity contribution < 1.29 is 14.7 Å². The van der Waals surface area contributed by atoms with Crippen LogP contribution in [-0.4, -0.2) is 29.5 Å². The van der Waals surface area contributed by atoms with Crippen molar-refractivity contribution in [2.45, 2.75) is 33.2 Å². The quantitative estimate of drug-likeness (QED) is 0.470. The Labute approximate surface area is 113 Å². The molecule has 0 saturated carbocycles. The van der Waals surface area contributed by atoms with Gasteiger partial charge in [0.05, 0.1) is 5.71 Å². The van der Waals surface area contributed by atoms with E-state index in [2.05, 4.69) is 10.5 Å². The summed E-state index contributed by atoms with van der Waals surface area (Å²) in [5.74, 6) is 0.423. The highest BCUT2D eigenvalue weighted by Gasteiger charge is 2.07. The van der Waals surface area contributed by atoms with E-state index in [0.29, 0.717) is 11.5 Å². The Balaban J connectivity index is 2.56. The number of nitrogens with one attached hydrogen (secondary N) is 1. The standard InChI is InChI=1S/C14H20N2O3/c1-4-10(2)15-14(17)9-19-13-7-5-6-12(8-13)11(3)16-18/h5-8,10,18H,4,9H2,1-3H3,(H,15,17)/b16-11+. The van der Waals surface area contributed by atoms with E-state index < -0.39 is 0 Å². The molecule has 1 atom stereocenters. The second-order valence-corrected chi connectivity index (χ2v) is 4.38. The first-order valence-corrected chi connectivity index (χ1v) is 6.28. The zero-order valence-electron chi connectivity index (χ0n) is 11.5. The van der Waals surface area contributed by atoms with E-state index >= 15 is 0 Å². The lowest BCUT2D eigenvalue weighted by atomic mass is 10.1. The smallest absolute Gasteiger partial charge is 0.258 e. The number of ether oxygens (including phenoxy) is 1. The van der Waals surface area contributed by atoms with Crippen LogP contribution in [0.15, 0.2) is 29.4 Å². The fourth-order valence-electron chi connectivity index (χ4n) is 1.44. The van der Waals surface area contributed by atoms with Crippen molar-refractivity contribution in [2.75, 3.05) is 6.61 Å². The summed E-state index contributed by atoms with van der Waals surface area (Å²) < 4.78 is 5.40. The maximum atomic E-state index is 11.6. The van der Waals surface area contributed by atoms with Crippen molar-refractivity contribution in [2.24, 2.45) is 5.16 Å². The molecule has 5 heteroatoms. The number of benzene rings is 1. The van der Waals surface area contributed by atoms with Crippen LogP contribution in [0.2, 0.25) is 0 Å². The first kappa shape index (κ1) is 15.0. The van der Waals surface area contributed by atoms with Crippen LogP contribution in [-0.2, 0) is 4.79 Å². The van der Waals surface area contributed by atoms with E-state index in [1.807, 2.05) is 13.8 Å². The molecule has 0 heterocycles. The van der Waals surface area contributed by atoms with Crippen molar-refractivity contribution in [3.63, 3.8) is 0 Å². The molecule has 1 unspecified atom stereocenters. The largest absolute Gasteiger partial charge is 0.484 e. The van der Waals surface area contributed by atoms with Gasteiger partial charge in [-0.1, -0.05) is 24.2 Å². The Kier molecular flexibility index (Phi) is 5.85. The molecule has 104 valence electrons. The first-order valence-electron chi connectivity index (χ1n) is 6.28. The molecule has 0 bridgehead atoms. The molecule has 19 heavy (non-hydrogen) atoms. The number of amides is 1. The van der Waals surface area contributed by atoms with Gasteiger partial charge in [0, 0.05) is 11.6 Å². The molecule has 0 saturated heterocycles. The van der Waals surface area contributed by atoms with E-state index in [1.165, 1.54) is 0 Å². The summed E-state index contributed by atoms with van der Waals surface area (Å²) in [5, 5.41) is 14.7. The maximum absolute atomic E-state index is 11.6. The van der Waals surface area contributed by atoms with Crippen LogP contribution in [0.5, 0.6) is 5.75 Å². The minimum atomic E-state index is -0.146. The van der Waals surface area contributed by atoms with Crippen LogP contribution in [0.3, 0.4) is 0 Å². The van der Waals surface area contributed by atoms with Crippen molar-refractivity contribution >= 4 is 11.6 Å². The predicted octanol–water partition coefficient (Wildman–Crippen LogP) is 2.18. The Bertz CT molecular complexity index is 458. The average Bonchev–Trinajstić information content (AvgIpc) is 2.44. The molecule has 0 radical (unpaired) electrons. The van der Waals surface area contributed by atoms with Gasteiger partial charge in [-0.05, 0) is 32.4 Å². The molecule has 5 nitrogen and oxygen atoms in total. The van der Waals surface area contributed by atoms with E-state index in [0.717, 1.165) is 12.0 Å². The van der Waals surface area contributed by atoms with Gasteiger partial charge in [0.25, 0.3) is 5.91 Å². The van der Waals surface area contributed by atoms with E-state index in [-0.39, 0.29) is 18.6 Å². The Hall–Kier alpha value is -2.04. The number of carbonyl (C=O) groups excluding carboxylic acids is 1. The maximum Gasteiger partial charge on any atom is 0.258 e. The minimum Gasteiger partial charge on any atom is -0.484 e. The monoisotopic (exact) mass is 264 g/mol. The first-order chi connectivity index (χ1) is 9.06. The van der Waals surface area contributed by atoms with Gasteiger partial charge in [-0.25, -0.2) is 0 Å². The van der Waals surface area contributed by atoms with Gasteiger partial charge < -0.3 is 15.3 Å². The van der Waals surface area contributed by atoms with Gasteiger partial charge in [0.15, 0.2) is 6.61 Å². The Morgan fingerprint density at radius 2 is 2.26 bits per heavy atom. The molecule has 1 aromatic carbocycles. The number of rotatable bonds is 6. The summed E-state index contributed by atoms with van der Waals surface area (Å²) in [7, 11) is 0. The van der Waals surface area contributed by atoms with Gasteiger partial charge in [-0.3, -0.25) is 4.79 Å². The molecule has 0 aliphatic heterocycles. The van der Waals surface area contributed by atoms with Crippen molar-refractivity contribution in [3.05, 3.63) is 29.8 Å². The van der Waals surface area contributed by atoms with Crippen LogP contribution in [0, 0.1) is 0 Å². The second kappa shape index (κ2) is 7.41. The lowest BCUT2D eigenvalue weighted by Gasteiger charge is -2.12. The van der Waals surface area contributed by atoms with Crippen LogP contribution < -0.4 is 10.1 Å². The minimum absolute atomic E-state index is 0.0247. The highest BCUT2D eigenvalue weighted by molar-refractivity contribution is 5.98. The molecule has 1 rings (SSSR count). The summed E-state index contributed by atoms with van der Waals surface area (Å²) in [5.41, 5.74) is 1.25. The number of hydrogen-bond acceptors (Lipinski definition) is 4. The zero-order valence-corrected chi connectivity index (χ0v) is 11.5. The van der Waals surface area contributed by atoms with Gasteiger partial charge in [0.1, 0.15) is 5.75 Å². The highest BCUT2D eigenvalue weighted by atomic mass is 16.5. The third-order valence-electron chi connectivity index (χ3n) is 2.79.